The Kier molecular flexibility index (Phi) is 5.37. The number of hydrogen-bond acceptors (Lipinski definition) is 4. The van der Waals surface area contributed by atoms with Crippen molar-refractivity contribution in [3.05, 3.63) is 66.2 Å². The van der Waals surface area contributed by atoms with Gasteiger partial charge < -0.3 is 9.72 Å². The summed E-state index contributed by atoms with van der Waals surface area (Å²) in [5.74, 6) is 0.378. The van der Waals surface area contributed by atoms with E-state index < -0.39 is 9.84 Å². The highest BCUT2D eigenvalue weighted by Gasteiger charge is 2.16. The Labute approximate surface area is 152 Å². The first kappa shape index (κ1) is 18.1. The van der Waals surface area contributed by atoms with Gasteiger partial charge in [0.15, 0.2) is 9.84 Å². The lowest BCUT2D eigenvalue weighted by Crippen LogP contribution is -2.28. The molecule has 1 N–H and O–H groups in total. The van der Waals surface area contributed by atoms with Gasteiger partial charge in [-0.15, -0.1) is 0 Å². The van der Waals surface area contributed by atoms with Crippen molar-refractivity contribution in [1.29, 1.82) is 0 Å². The van der Waals surface area contributed by atoms with Gasteiger partial charge in [-0.2, -0.15) is 0 Å². The molecule has 0 aliphatic heterocycles. The number of rotatable bonds is 7. The molecular formula is C19H21N3O3S. The predicted octanol–water partition coefficient (Wildman–Crippen LogP) is 2.17. The number of carbonyl (C=O) groups excluding carboxylic acids is 1. The van der Waals surface area contributed by atoms with Crippen molar-refractivity contribution in [3.8, 4) is 0 Å². The number of imidazole rings is 1. The van der Waals surface area contributed by atoms with Crippen LogP contribution in [0.3, 0.4) is 0 Å². The van der Waals surface area contributed by atoms with Crippen LogP contribution in [-0.4, -0.2) is 36.0 Å². The summed E-state index contributed by atoms with van der Waals surface area (Å²) in [5.41, 5.74) is 1.99. The second-order valence-electron chi connectivity index (χ2n) is 6.15. The molecule has 0 spiro atoms. The van der Waals surface area contributed by atoms with E-state index in [2.05, 4.69) is 10.3 Å². The molecule has 26 heavy (non-hydrogen) atoms. The van der Waals surface area contributed by atoms with Crippen molar-refractivity contribution in [2.45, 2.75) is 24.7 Å². The maximum Gasteiger partial charge on any atom is 0.221 e. The first-order chi connectivity index (χ1) is 12.5. The molecule has 1 aromatic carbocycles. The van der Waals surface area contributed by atoms with Crippen LogP contribution in [0.5, 0.6) is 0 Å². The molecule has 7 heteroatoms. The number of nitrogens with one attached hydrogen (secondary N) is 1. The van der Waals surface area contributed by atoms with Gasteiger partial charge in [-0.05, 0) is 31.2 Å². The molecule has 0 unspecified atom stereocenters. The van der Waals surface area contributed by atoms with Gasteiger partial charge >= 0.3 is 0 Å². The Morgan fingerprint density at radius 3 is 2.69 bits per heavy atom. The van der Waals surface area contributed by atoms with Crippen molar-refractivity contribution >= 4 is 21.3 Å². The van der Waals surface area contributed by atoms with E-state index in [0.29, 0.717) is 13.0 Å². The van der Waals surface area contributed by atoms with Crippen molar-refractivity contribution in [1.82, 2.24) is 14.7 Å². The number of aryl methyl sites for hydroxylation is 1. The van der Waals surface area contributed by atoms with Gasteiger partial charge in [-0.25, -0.2) is 13.4 Å². The average molecular weight is 371 g/mol. The zero-order valence-electron chi connectivity index (χ0n) is 14.6. The fourth-order valence-electron chi connectivity index (χ4n) is 2.68. The summed E-state index contributed by atoms with van der Waals surface area (Å²) in [7, 11) is -3.45. The smallest absolute Gasteiger partial charge is 0.221 e. The minimum atomic E-state index is -3.45. The molecule has 3 rings (SSSR count). The molecule has 136 valence electrons. The van der Waals surface area contributed by atoms with Gasteiger partial charge in [0.05, 0.1) is 22.4 Å². The predicted molar refractivity (Wildman–Crippen MR) is 99.8 cm³/mol. The number of amides is 1. The maximum atomic E-state index is 12.3. The van der Waals surface area contributed by atoms with E-state index in [-0.39, 0.29) is 23.0 Å². The topological polar surface area (TPSA) is 80.5 Å². The highest BCUT2D eigenvalue weighted by molar-refractivity contribution is 7.91. The minimum absolute atomic E-state index is 0.0570. The van der Waals surface area contributed by atoms with Crippen LogP contribution in [0.15, 0.2) is 59.8 Å². The lowest BCUT2D eigenvalue weighted by molar-refractivity contribution is -0.120. The average Bonchev–Trinajstić information content (AvgIpc) is 3.04. The summed E-state index contributed by atoms with van der Waals surface area (Å²) in [4.78, 5) is 16.6. The second-order valence-corrected chi connectivity index (χ2v) is 8.26. The Morgan fingerprint density at radius 1 is 1.15 bits per heavy atom. The largest absolute Gasteiger partial charge is 0.356 e. The fourth-order valence-corrected chi connectivity index (χ4v) is 3.92. The molecule has 2 aromatic heterocycles. The van der Waals surface area contributed by atoms with E-state index in [1.54, 1.807) is 30.5 Å². The monoisotopic (exact) mass is 371 g/mol. The molecule has 0 aliphatic carbocycles. The molecule has 0 radical (unpaired) electrons. The van der Waals surface area contributed by atoms with Gasteiger partial charge in [0, 0.05) is 25.6 Å². The summed E-state index contributed by atoms with van der Waals surface area (Å²) in [6.45, 7) is 2.31. The zero-order chi connectivity index (χ0) is 18.6. The van der Waals surface area contributed by atoms with Gasteiger partial charge in [-0.3, -0.25) is 4.79 Å². The van der Waals surface area contributed by atoms with Crippen LogP contribution in [-0.2, 0) is 21.1 Å². The molecule has 1 amide bonds. The fraction of sp³-hybridized carbons (Fsp3) is 0.263. The van der Waals surface area contributed by atoms with E-state index in [0.717, 1.165) is 16.9 Å². The van der Waals surface area contributed by atoms with Crippen LogP contribution in [0.25, 0.3) is 5.52 Å². The highest BCUT2D eigenvalue weighted by Crippen LogP contribution is 2.13. The molecular weight excluding hydrogens is 350 g/mol. The third-order valence-corrected chi connectivity index (χ3v) is 5.90. The summed E-state index contributed by atoms with van der Waals surface area (Å²) in [6, 6.07) is 12.5. The normalized spacial score (nSPS) is 11.6. The molecule has 0 atom stereocenters. The SMILES string of the molecule is Cc1ccc(S(=O)(=O)CCC(=O)NCCc2ncc3ccccn23)cc1. The standard InChI is InChI=1S/C19H21N3O3S/c1-15-5-7-17(8-6-15)26(24,25)13-10-19(23)20-11-9-18-21-14-16-4-2-3-12-22(16)18/h2-8,12,14H,9-11,13H2,1H3,(H,20,23). The molecule has 3 aromatic rings. The Balaban J connectivity index is 1.49. The van der Waals surface area contributed by atoms with Crippen LogP contribution in [0.1, 0.15) is 17.8 Å². The van der Waals surface area contributed by atoms with E-state index in [4.69, 9.17) is 0 Å². The van der Waals surface area contributed by atoms with E-state index in [1.165, 1.54) is 0 Å². The number of fused-ring (bicyclic) bond motifs is 1. The van der Waals surface area contributed by atoms with Gasteiger partial charge in [0.2, 0.25) is 5.91 Å². The van der Waals surface area contributed by atoms with Gasteiger partial charge in [-0.1, -0.05) is 23.8 Å². The maximum absolute atomic E-state index is 12.3. The van der Waals surface area contributed by atoms with Crippen molar-refractivity contribution < 1.29 is 13.2 Å². The Hall–Kier alpha value is -2.67. The second kappa shape index (κ2) is 7.70. The van der Waals surface area contributed by atoms with Crippen molar-refractivity contribution in [3.63, 3.8) is 0 Å². The Bertz CT molecular complexity index is 1010. The number of pyridine rings is 1. The third kappa shape index (κ3) is 4.29. The van der Waals surface area contributed by atoms with Crippen LogP contribution in [0, 0.1) is 6.92 Å². The quantitative estimate of drug-likeness (QED) is 0.690. The van der Waals surface area contributed by atoms with Gasteiger partial charge in [0.1, 0.15) is 5.82 Å². The molecule has 0 aliphatic rings. The lowest BCUT2D eigenvalue weighted by Gasteiger charge is -2.07. The molecule has 0 saturated heterocycles. The zero-order valence-corrected chi connectivity index (χ0v) is 15.4. The molecule has 0 saturated carbocycles. The number of nitrogens with zero attached hydrogens (tertiary/aromatic N) is 2. The highest BCUT2D eigenvalue weighted by atomic mass is 32.2. The summed E-state index contributed by atoms with van der Waals surface area (Å²) >= 11 is 0. The van der Waals surface area contributed by atoms with Crippen LogP contribution in [0.4, 0.5) is 0 Å². The van der Waals surface area contributed by atoms with Crippen molar-refractivity contribution in [2.24, 2.45) is 0 Å². The first-order valence-corrected chi connectivity index (χ1v) is 10.1. The molecule has 2 heterocycles. The summed E-state index contributed by atoms with van der Waals surface area (Å²) < 4.78 is 26.5. The molecule has 0 fully saturated rings. The van der Waals surface area contributed by atoms with Crippen LogP contribution in [0.2, 0.25) is 0 Å². The van der Waals surface area contributed by atoms with E-state index in [9.17, 15) is 13.2 Å². The Morgan fingerprint density at radius 2 is 1.92 bits per heavy atom. The van der Waals surface area contributed by atoms with Crippen molar-refractivity contribution in [2.75, 3.05) is 12.3 Å². The number of benzene rings is 1. The van der Waals surface area contributed by atoms with E-state index in [1.807, 2.05) is 35.7 Å². The lowest BCUT2D eigenvalue weighted by atomic mass is 10.2. The van der Waals surface area contributed by atoms with Crippen LogP contribution >= 0.6 is 0 Å². The minimum Gasteiger partial charge on any atom is -0.356 e. The first-order valence-electron chi connectivity index (χ1n) is 8.43. The number of carbonyl (C=O) groups is 1. The van der Waals surface area contributed by atoms with Gasteiger partial charge in [0.25, 0.3) is 0 Å². The number of hydrogen-bond donors (Lipinski definition) is 1. The van der Waals surface area contributed by atoms with E-state index >= 15 is 0 Å². The molecule has 0 bridgehead atoms. The number of aromatic nitrogens is 2. The third-order valence-electron chi connectivity index (χ3n) is 4.16. The number of sulfone groups is 1. The summed E-state index contributed by atoms with van der Waals surface area (Å²) in [5, 5.41) is 2.76. The molecule has 6 nitrogen and oxygen atoms in total. The van der Waals surface area contributed by atoms with Crippen LogP contribution < -0.4 is 5.32 Å². The summed E-state index contributed by atoms with van der Waals surface area (Å²) in [6.07, 6.45) is 4.23.